The van der Waals surface area contributed by atoms with Crippen molar-refractivity contribution in [3.05, 3.63) is 47.6 Å². The second kappa shape index (κ2) is 6.83. The van der Waals surface area contributed by atoms with E-state index in [2.05, 4.69) is 22.3 Å². The van der Waals surface area contributed by atoms with Crippen molar-refractivity contribution in [1.29, 1.82) is 0 Å². The predicted molar refractivity (Wildman–Crippen MR) is 78.8 cm³/mol. The van der Waals surface area contributed by atoms with Crippen molar-refractivity contribution >= 4 is 0 Å². The van der Waals surface area contributed by atoms with Gasteiger partial charge in [0.1, 0.15) is 0 Å². The Morgan fingerprint density at radius 1 is 1.29 bits per heavy atom. The summed E-state index contributed by atoms with van der Waals surface area (Å²) in [7, 11) is 0. The number of benzene rings is 1. The summed E-state index contributed by atoms with van der Waals surface area (Å²) in [6, 6.07) is 10.1. The van der Waals surface area contributed by atoms with Crippen molar-refractivity contribution in [2.24, 2.45) is 5.73 Å². The van der Waals surface area contributed by atoms with E-state index in [0.717, 1.165) is 38.1 Å². The van der Waals surface area contributed by atoms with Crippen LogP contribution in [0.15, 0.2) is 34.9 Å². The first-order valence-electron chi connectivity index (χ1n) is 7.53. The third-order valence-corrected chi connectivity index (χ3v) is 3.89. The van der Waals surface area contributed by atoms with Crippen LogP contribution in [0, 0.1) is 0 Å². The molecule has 0 saturated carbocycles. The van der Waals surface area contributed by atoms with Gasteiger partial charge in [-0.25, -0.2) is 0 Å². The predicted octanol–water partition coefficient (Wildman–Crippen LogP) is 2.60. The maximum atomic E-state index is 6.16. The number of aromatic nitrogens is 2. The van der Waals surface area contributed by atoms with Crippen LogP contribution in [-0.4, -0.2) is 23.4 Å². The summed E-state index contributed by atoms with van der Waals surface area (Å²) < 4.78 is 10.8. The number of hydrogen-bond acceptors (Lipinski definition) is 5. The standard InChI is InChI=1S/C16H21N3O2/c17-14(9-8-12-5-2-1-3-6-12)16-18-15(19-21-16)13-7-4-10-20-11-13/h1-3,5-6,13-14H,4,7-11,17H2. The van der Waals surface area contributed by atoms with Crippen LogP contribution in [0.1, 0.15) is 48.5 Å². The normalized spacial score (nSPS) is 20.3. The minimum Gasteiger partial charge on any atom is -0.381 e. The highest BCUT2D eigenvalue weighted by Gasteiger charge is 2.23. The van der Waals surface area contributed by atoms with Crippen molar-refractivity contribution < 1.29 is 9.26 Å². The van der Waals surface area contributed by atoms with E-state index in [0.29, 0.717) is 12.5 Å². The highest BCUT2D eigenvalue weighted by Crippen LogP contribution is 2.24. The van der Waals surface area contributed by atoms with E-state index in [9.17, 15) is 0 Å². The molecule has 2 unspecified atom stereocenters. The zero-order chi connectivity index (χ0) is 14.5. The van der Waals surface area contributed by atoms with Gasteiger partial charge in [0.2, 0.25) is 5.89 Å². The van der Waals surface area contributed by atoms with Crippen LogP contribution in [0.4, 0.5) is 0 Å². The summed E-state index contributed by atoms with van der Waals surface area (Å²) in [6.45, 7) is 1.51. The van der Waals surface area contributed by atoms with Gasteiger partial charge in [0.25, 0.3) is 0 Å². The number of ether oxygens (including phenoxy) is 1. The highest BCUT2D eigenvalue weighted by atomic mass is 16.5. The lowest BCUT2D eigenvalue weighted by Crippen LogP contribution is -2.17. The van der Waals surface area contributed by atoms with E-state index in [1.807, 2.05) is 18.2 Å². The fourth-order valence-electron chi connectivity index (χ4n) is 2.60. The first-order chi connectivity index (χ1) is 10.3. The molecule has 1 fully saturated rings. The molecule has 5 nitrogen and oxygen atoms in total. The van der Waals surface area contributed by atoms with E-state index >= 15 is 0 Å². The van der Waals surface area contributed by atoms with Crippen LogP contribution in [0.5, 0.6) is 0 Å². The molecule has 1 aliphatic rings. The first kappa shape index (κ1) is 14.2. The van der Waals surface area contributed by atoms with Crippen molar-refractivity contribution in [3.8, 4) is 0 Å². The molecule has 0 spiro atoms. The summed E-state index contributed by atoms with van der Waals surface area (Å²) in [5.41, 5.74) is 7.43. The van der Waals surface area contributed by atoms with Gasteiger partial charge in [-0.05, 0) is 31.2 Å². The van der Waals surface area contributed by atoms with Gasteiger partial charge in [-0.15, -0.1) is 0 Å². The summed E-state index contributed by atoms with van der Waals surface area (Å²) in [5, 5.41) is 4.07. The molecule has 0 bridgehead atoms. The van der Waals surface area contributed by atoms with Crippen molar-refractivity contribution in [2.45, 2.75) is 37.6 Å². The number of nitrogens with two attached hydrogens (primary N) is 1. The molecular formula is C16H21N3O2. The van der Waals surface area contributed by atoms with E-state index in [1.165, 1.54) is 5.56 Å². The summed E-state index contributed by atoms with van der Waals surface area (Å²) in [5.74, 6) is 1.52. The minimum absolute atomic E-state index is 0.212. The summed E-state index contributed by atoms with van der Waals surface area (Å²) in [4.78, 5) is 4.46. The third-order valence-electron chi connectivity index (χ3n) is 3.89. The molecular weight excluding hydrogens is 266 g/mol. The zero-order valence-electron chi connectivity index (χ0n) is 12.1. The summed E-state index contributed by atoms with van der Waals surface area (Å²) in [6.07, 6.45) is 3.81. The molecule has 2 N–H and O–H groups in total. The van der Waals surface area contributed by atoms with Crippen LogP contribution < -0.4 is 5.73 Å². The minimum atomic E-state index is -0.212. The lowest BCUT2D eigenvalue weighted by Gasteiger charge is -2.18. The maximum absolute atomic E-state index is 6.16. The van der Waals surface area contributed by atoms with Crippen LogP contribution in [-0.2, 0) is 11.2 Å². The average molecular weight is 287 g/mol. The monoisotopic (exact) mass is 287 g/mol. The molecule has 1 aromatic carbocycles. The van der Waals surface area contributed by atoms with E-state index < -0.39 is 0 Å². The SMILES string of the molecule is NC(CCc1ccccc1)c1nc(C2CCCOC2)no1. The number of aryl methyl sites for hydroxylation is 1. The number of hydrogen-bond donors (Lipinski definition) is 1. The van der Waals surface area contributed by atoms with Gasteiger partial charge in [-0.3, -0.25) is 0 Å². The van der Waals surface area contributed by atoms with E-state index in [1.54, 1.807) is 0 Å². The van der Waals surface area contributed by atoms with Gasteiger partial charge in [-0.2, -0.15) is 4.98 Å². The molecule has 1 aliphatic heterocycles. The Kier molecular flexibility index (Phi) is 4.62. The molecule has 0 radical (unpaired) electrons. The van der Waals surface area contributed by atoms with Gasteiger partial charge in [0.15, 0.2) is 5.82 Å². The molecule has 0 aliphatic carbocycles. The lowest BCUT2D eigenvalue weighted by atomic mass is 10.0. The molecule has 2 heterocycles. The largest absolute Gasteiger partial charge is 0.381 e. The maximum Gasteiger partial charge on any atom is 0.243 e. The molecule has 112 valence electrons. The van der Waals surface area contributed by atoms with Crippen molar-refractivity contribution in [3.63, 3.8) is 0 Å². The fourth-order valence-corrected chi connectivity index (χ4v) is 2.60. The Morgan fingerprint density at radius 2 is 2.14 bits per heavy atom. The van der Waals surface area contributed by atoms with Crippen LogP contribution in [0.3, 0.4) is 0 Å². The summed E-state index contributed by atoms with van der Waals surface area (Å²) >= 11 is 0. The van der Waals surface area contributed by atoms with Crippen molar-refractivity contribution in [2.75, 3.05) is 13.2 Å². The quantitative estimate of drug-likeness (QED) is 0.915. The lowest BCUT2D eigenvalue weighted by molar-refractivity contribution is 0.0773. The number of rotatable bonds is 5. The topological polar surface area (TPSA) is 74.2 Å². The van der Waals surface area contributed by atoms with Crippen molar-refractivity contribution in [1.82, 2.24) is 10.1 Å². The zero-order valence-corrected chi connectivity index (χ0v) is 12.1. The fraction of sp³-hybridized carbons (Fsp3) is 0.500. The molecule has 3 rings (SSSR count). The molecule has 5 heteroatoms. The van der Waals surface area contributed by atoms with Gasteiger partial charge < -0.3 is 15.0 Å². The van der Waals surface area contributed by atoms with Gasteiger partial charge in [-0.1, -0.05) is 35.5 Å². The van der Waals surface area contributed by atoms with E-state index in [4.69, 9.17) is 15.0 Å². The van der Waals surface area contributed by atoms with Crippen LogP contribution >= 0.6 is 0 Å². The highest BCUT2D eigenvalue weighted by molar-refractivity contribution is 5.15. The Labute approximate surface area is 124 Å². The Bertz CT molecular complexity index is 550. The average Bonchev–Trinajstić information content (AvgIpc) is 3.04. The second-order valence-electron chi connectivity index (χ2n) is 5.54. The van der Waals surface area contributed by atoms with E-state index in [-0.39, 0.29) is 12.0 Å². The molecule has 1 aromatic heterocycles. The molecule has 0 amide bonds. The third kappa shape index (κ3) is 3.68. The van der Waals surface area contributed by atoms with Gasteiger partial charge in [0.05, 0.1) is 12.6 Å². The smallest absolute Gasteiger partial charge is 0.243 e. The molecule has 2 aromatic rings. The molecule has 1 saturated heterocycles. The van der Waals surface area contributed by atoms with Gasteiger partial charge in [0, 0.05) is 12.5 Å². The Hall–Kier alpha value is -1.72. The Morgan fingerprint density at radius 3 is 2.90 bits per heavy atom. The van der Waals surface area contributed by atoms with Crippen LogP contribution in [0.25, 0.3) is 0 Å². The Balaban J connectivity index is 1.57. The molecule has 21 heavy (non-hydrogen) atoms. The van der Waals surface area contributed by atoms with Gasteiger partial charge >= 0.3 is 0 Å². The first-order valence-corrected chi connectivity index (χ1v) is 7.53. The van der Waals surface area contributed by atoms with Crippen LogP contribution in [0.2, 0.25) is 0 Å². The molecule has 2 atom stereocenters. The number of nitrogens with zero attached hydrogens (tertiary/aromatic N) is 2. The second-order valence-corrected chi connectivity index (χ2v) is 5.54.